The molecule has 0 amide bonds. The van der Waals surface area contributed by atoms with Crippen molar-refractivity contribution >= 4 is 33.9 Å². The van der Waals surface area contributed by atoms with Gasteiger partial charge in [0.15, 0.2) is 11.6 Å². The minimum absolute atomic E-state index is 0.0742. The zero-order chi connectivity index (χ0) is 24.2. The summed E-state index contributed by atoms with van der Waals surface area (Å²) in [6, 6.07) is 17.8. The standard InChI is InChI=1S/C28H24F2N2O2/c1-2-3-4-7-14-32-24-9-6-5-8-22(24)23-16-18(11-13-25(23)32)21-12-10-19(26(29)27(21)30)15-20(17-31)28(33)34/h5-6,8-13,15-16H,2-4,7,14H2,1H3,(H,33,34)/b20-15+. The van der Waals surface area contributed by atoms with Gasteiger partial charge in [-0.25, -0.2) is 13.6 Å². The largest absolute Gasteiger partial charge is 0.477 e. The van der Waals surface area contributed by atoms with Crippen molar-refractivity contribution in [3.05, 3.63) is 77.4 Å². The number of fused-ring (bicyclic) bond motifs is 3. The number of nitriles is 1. The molecule has 1 aromatic heterocycles. The van der Waals surface area contributed by atoms with Gasteiger partial charge in [0.25, 0.3) is 0 Å². The zero-order valence-electron chi connectivity index (χ0n) is 18.8. The van der Waals surface area contributed by atoms with E-state index in [1.165, 1.54) is 31.0 Å². The van der Waals surface area contributed by atoms with E-state index in [-0.39, 0.29) is 11.1 Å². The molecule has 6 heteroatoms. The smallest absolute Gasteiger partial charge is 0.346 e. The molecule has 4 rings (SSSR count). The molecule has 1 N–H and O–H groups in total. The van der Waals surface area contributed by atoms with E-state index < -0.39 is 23.2 Å². The van der Waals surface area contributed by atoms with Crippen LogP contribution in [0.3, 0.4) is 0 Å². The van der Waals surface area contributed by atoms with E-state index in [9.17, 15) is 9.18 Å². The summed E-state index contributed by atoms with van der Waals surface area (Å²) in [5.41, 5.74) is 1.79. The number of aromatic nitrogens is 1. The lowest BCUT2D eigenvalue weighted by molar-refractivity contribution is -0.132. The van der Waals surface area contributed by atoms with Crippen molar-refractivity contribution in [1.82, 2.24) is 4.57 Å². The average molecular weight is 459 g/mol. The van der Waals surface area contributed by atoms with Crippen molar-refractivity contribution in [3.63, 3.8) is 0 Å². The van der Waals surface area contributed by atoms with Gasteiger partial charge in [-0.15, -0.1) is 0 Å². The van der Waals surface area contributed by atoms with Gasteiger partial charge in [0.05, 0.1) is 0 Å². The second-order valence-electron chi connectivity index (χ2n) is 8.27. The highest BCUT2D eigenvalue weighted by atomic mass is 19.2. The summed E-state index contributed by atoms with van der Waals surface area (Å²) < 4.78 is 32.1. The number of nitrogens with zero attached hydrogens (tertiary/aromatic N) is 2. The average Bonchev–Trinajstić information content (AvgIpc) is 3.15. The SMILES string of the molecule is CCCCCCn1c2ccccc2c2cc(-c3ccc(/C=C(\C#N)C(=O)O)c(F)c3F)ccc21. The first-order valence-electron chi connectivity index (χ1n) is 11.3. The summed E-state index contributed by atoms with van der Waals surface area (Å²) in [7, 11) is 0. The second kappa shape index (κ2) is 9.88. The van der Waals surface area contributed by atoms with Gasteiger partial charge in [-0.1, -0.05) is 62.6 Å². The minimum atomic E-state index is -1.50. The molecule has 0 saturated carbocycles. The lowest BCUT2D eigenvalue weighted by Gasteiger charge is -2.09. The Kier molecular flexibility index (Phi) is 6.74. The van der Waals surface area contributed by atoms with Gasteiger partial charge in [-0.05, 0) is 36.3 Å². The van der Waals surface area contributed by atoms with Crippen LogP contribution in [0.1, 0.15) is 38.2 Å². The lowest BCUT2D eigenvalue weighted by atomic mass is 9.99. The number of unbranched alkanes of at least 4 members (excludes halogenated alkanes) is 3. The quantitative estimate of drug-likeness (QED) is 0.171. The van der Waals surface area contributed by atoms with Crippen molar-refractivity contribution in [1.29, 1.82) is 5.26 Å². The molecule has 0 unspecified atom stereocenters. The number of rotatable bonds is 8. The van der Waals surface area contributed by atoms with Gasteiger partial charge in [0, 0.05) is 39.5 Å². The molecule has 0 saturated heterocycles. The molecule has 0 fully saturated rings. The van der Waals surface area contributed by atoms with E-state index in [0.717, 1.165) is 47.3 Å². The highest BCUT2D eigenvalue weighted by molar-refractivity contribution is 6.09. The third-order valence-corrected chi connectivity index (χ3v) is 6.08. The van der Waals surface area contributed by atoms with E-state index in [2.05, 4.69) is 17.6 Å². The third-order valence-electron chi connectivity index (χ3n) is 6.08. The topological polar surface area (TPSA) is 66.0 Å². The van der Waals surface area contributed by atoms with Crippen LogP contribution >= 0.6 is 0 Å². The number of carboxylic acid groups (broad SMARTS) is 1. The van der Waals surface area contributed by atoms with E-state index >= 15 is 4.39 Å². The summed E-state index contributed by atoms with van der Waals surface area (Å²) in [5, 5.41) is 19.9. The minimum Gasteiger partial charge on any atom is -0.477 e. The zero-order valence-corrected chi connectivity index (χ0v) is 18.8. The monoisotopic (exact) mass is 458 g/mol. The first-order chi connectivity index (χ1) is 16.5. The fraction of sp³-hybridized carbons (Fsp3) is 0.214. The molecule has 0 radical (unpaired) electrons. The highest BCUT2D eigenvalue weighted by Gasteiger charge is 2.17. The maximum atomic E-state index is 15.0. The Labute approximate surface area is 196 Å². The molecule has 1 heterocycles. The van der Waals surface area contributed by atoms with Crippen LogP contribution in [0.4, 0.5) is 8.78 Å². The Hall–Kier alpha value is -3.98. The Balaban J connectivity index is 1.79. The first kappa shape index (κ1) is 23.2. The van der Waals surface area contributed by atoms with Gasteiger partial charge in [0.2, 0.25) is 0 Å². The van der Waals surface area contributed by atoms with Gasteiger partial charge >= 0.3 is 5.97 Å². The number of hydrogen-bond donors (Lipinski definition) is 1. The normalized spacial score (nSPS) is 11.8. The van der Waals surface area contributed by atoms with Crippen LogP contribution in [0.25, 0.3) is 39.0 Å². The number of carbonyl (C=O) groups is 1. The Morgan fingerprint density at radius 3 is 2.50 bits per heavy atom. The number of benzene rings is 3. The maximum absolute atomic E-state index is 15.0. The second-order valence-corrected chi connectivity index (χ2v) is 8.27. The molecule has 172 valence electrons. The van der Waals surface area contributed by atoms with Crippen molar-refractivity contribution in [2.24, 2.45) is 0 Å². The Morgan fingerprint density at radius 1 is 1.00 bits per heavy atom. The molecule has 0 atom stereocenters. The molecule has 0 bridgehead atoms. The number of para-hydroxylation sites is 1. The number of halogens is 2. The third kappa shape index (κ3) is 4.29. The van der Waals surface area contributed by atoms with Crippen molar-refractivity contribution in [2.75, 3.05) is 0 Å². The van der Waals surface area contributed by atoms with Gasteiger partial charge in [0.1, 0.15) is 11.6 Å². The molecular weight excluding hydrogens is 434 g/mol. The summed E-state index contributed by atoms with van der Waals surface area (Å²) >= 11 is 0. The van der Waals surface area contributed by atoms with Crippen LogP contribution in [0.5, 0.6) is 0 Å². The van der Waals surface area contributed by atoms with Crippen LogP contribution in [0, 0.1) is 23.0 Å². The Morgan fingerprint density at radius 2 is 1.76 bits per heavy atom. The number of aliphatic carboxylic acids is 1. The van der Waals surface area contributed by atoms with E-state index in [1.54, 1.807) is 6.07 Å². The molecule has 3 aromatic carbocycles. The Bertz CT molecular complexity index is 1460. The van der Waals surface area contributed by atoms with Crippen molar-refractivity contribution < 1.29 is 18.7 Å². The number of carboxylic acids is 1. The van der Waals surface area contributed by atoms with Crippen LogP contribution in [-0.4, -0.2) is 15.6 Å². The number of hydrogen-bond acceptors (Lipinski definition) is 2. The molecule has 34 heavy (non-hydrogen) atoms. The van der Waals surface area contributed by atoms with Gasteiger partial charge < -0.3 is 9.67 Å². The molecule has 0 aliphatic carbocycles. The van der Waals surface area contributed by atoms with Crippen molar-refractivity contribution in [2.45, 2.75) is 39.2 Å². The molecule has 4 nitrogen and oxygen atoms in total. The maximum Gasteiger partial charge on any atom is 0.346 e. The molecular formula is C28H24F2N2O2. The summed E-state index contributed by atoms with van der Waals surface area (Å²) in [4.78, 5) is 11.0. The number of aryl methyl sites for hydroxylation is 1. The van der Waals surface area contributed by atoms with Gasteiger partial charge in [-0.3, -0.25) is 0 Å². The summed E-state index contributed by atoms with van der Waals surface area (Å²) in [6.45, 7) is 3.07. The molecule has 0 aliphatic rings. The summed E-state index contributed by atoms with van der Waals surface area (Å²) in [6.07, 6.45) is 5.42. The highest BCUT2D eigenvalue weighted by Crippen LogP contribution is 2.35. The predicted octanol–water partition coefficient (Wildman–Crippen LogP) is 7.31. The van der Waals surface area contributed by atoms with E-state index in [0.29, 0.717) is 5.56 Å². The van der Waals surface area contributed by atoms with E-state index in [4.69, 9.17) is 10.4 Å². The lowest BCUT2D eigenvalue weighted by Crippen LogP contribution is -2.00. The summed E-state index contributed by atoms with van der Waals surface area (Å²) in [5.74, 6) is -3.77. The fourth-order valence-electron chi connectivity index (χ4n) is 4.35. The van der Waals surface area contributed by atoms with Crippen LogP contribution < -0.4 is 0 Å². The fourth-order valence-corrected chi connectivity index (χ4v) is 4.35. The van der Waals surface area contributed by atoms with Crippen molar-refractivity contribution in [3.8, 4) is 17.2 Å². The van der Waals surface area contributed by atoms with Gasteiger partial charge in [-0.2, -0.15) is 5.26 Å². The first-order valence-corrected chi connectivity index (χ1v) is 11.3. The van der Waals surface area contributed by atoms with Crippen LogP contribution in [0.2, 0.25) is 0 Å². The predicted molar refractivity (Wildman–Crippen MR) is 130 cm³/mol. The molecule has 0 aliphatic heterocycles. The van der Waals surface area contributed by atoms with E-state index in [1.807, 2.05) is 30.3 Å². The van der Waals surface area contributed by atoms with Crippen LogP contribution in [0.15, 0.2) is 60.2 Å². The molecule has 4 aromatic rings. The van der Waals surface area contributed by atoms with Crippen LogP contribution in [-0.2, 0) is 11.3 Å². The molecule has 0 spiro atoms.